The molecule has 0 aromatic heterocycles. The Balaban J connectivity index is 2.01. The van der Waals surface area contributed by atoms with Gasteiger partial charge in [-0.2, -0.15) is 0 Å². The van der Waals surface area contributed by atoms with E-state index in [1.54, 1.807) is 0 Å². The molecule has 0 N–H and O–H groups in total. The summed E-state index contributed by atoms with van der Waals surface area (Å²) in [5.41, 5.74) is -0.758. The monoisotopic (exact) mass is 490 g/mol. The Labute approximate surface area is 213 Å². The third kappa shape index (κ3) is 4.62. The van der Waals surface area contributed by atoms with E-state index in [-0.39, 0.29) is 0 Å². The van der Waals surface area contributed by atoms with Gasteiger partial charge >= 0.3 is 14.2 Å². The summed E-state index contributed by atoms with van der Waals surface area (Å²) in [6.07, 6.45) is 0. The molecule has 2 aromatic carbocycles. The van der Waals surface area contributed by atoms with Crippen LogP contribution in [-0.2, 0) is 18.6 Å². The predicted molar refractivity (Wildman–Crippen MR) is 149 cm³/mol. The molecule has 2 aliphatic heterocycles. The van der Waals surface area contributed by atoms with Gasteiger partial charge in [0, 0.05) is 0 Å². The second-order valence-corrected chi connectivity index (χ2v) is 16.7. The largest absolute Gasteiger partial charge is 0.486 e. The highest BCUT2D eigenvalue weighted by Gasteiger charge is 2.61. The number of rotatable bonds is 5. The van der Waals surface area contributed by atoms with Gasteiger partial charge < -0.3 is 18.6 Å². The van der Waals surface area contributed by atoms with Gasteiger partial charge in [-0.05, 0) is 66.3 Å². The molecule has 0 saturated carbocycles. The van der Waals surface area contributed by atoms with Crippen LogP contribution in [0.25, 0.3) is 5.20 Å². The molecule has 0 aliphatic carbocycles. The van der Waals surface area contributed by atoms with E-state index >= 15 is 0 Å². The Morgan fingerprint density at radius 3 is 1.29 bits per heavy atom. The minimum Gasteiger partial charge on any atom is -0.400 e. The van der Waals surface area contributed by atoms with Crippen molar-refractivity contribution in [2.45, 2.75) is 90.9 Å². The van der Waals surface area contributed by atoms with Crippen LogP contribution in [0.3, 0.4) is 0 Å². The molecule has 2 aromatic rings. The highest BCUT2D eigenvalue weighted by Crippen LogP contribution is 2.46. The summed E-state index contributed by atoms with van der Waals surface area (Å²) >= 11 is 0. The zero-order chi connectivity index (χ0) is 25.9. The first-order valence-corrected chi connectivity index (χ1v) is 15.7. The second-order valence-electron chi connectivity index (χ2n) is 12.4. The van der Waals surface area contributed by atoms with E-state index in [0.717, 1.165) is 10.9 Å². The summed E-state index contributed by atoms with van der Waals surface area (Å²) in [5.74, 6) is 0. The molecule has 0 bridgehead atoms. The first kappa shape index (κ1) is 26.4. The Morgan fingerprint density at radius 1 is 0.571 bits per heavy atom. The highest BCUT2D eigenvalue weighted by molar-refractivity contribution is 7.07. The van der Waals surface area contributed by atoms with Crippen LogP contribution >= 0.6 is 0 Å². The molecule has 2 fully saturated rings. The fourth-order valence-electron chi connectivity index (χ4n) is 4.78. The summed E-state index contributed by atoms with van der Waals surface area (Å²) in [5, 5.41) is 3.53. The Kier molecular flexibility index (Phi) is 6.60. The molecule has 35 heavy (non-hydrogen) atoms. The fraction of sp³-hybridized carbons (Fsp3) is 0.500. The van der Waals surface area contributed by atoms with Gasteiger partial charge in [-0.25, -0.2) is 0 Å². The van der Waals surface area contributed by atoms with E-state index in [0.29, 0.717) is 0 Å². The molecule has 0 spiro atoms. The van der Waals surface area contributed by atoms with Crippen LogP contribution in [0.5, 0.6) is 0 Å². The van der Waals surface area contributed by atoms with Gasteiger partial charge in [-0.3, -0.25) is 0 Å². The third-order valence-electron chi connectivity index (χ3n) is 8.49. The number of benzene rings is 2. The van der Waals surface area contributed by atoms with Gasteiger partial charge in [0.25, 0.3) is 0 Å². The molecular formula is C28H40B2O4Si. The molecular weight excluding hydrogens is 450 g/mol. The topological polar surface area (TPSA) is 36.9 Å². The molecule has 4 nitrogen and oxygen atoms in total. The van der Waals surface area contributed by atoms with Crippen molar-refractivity contribution in [1.29, 1.82) is 0 Å². The maximum absolute atomic E-state index is 6.69. The molecule has 0 amide bonds. The molecule has 4 rings (SSSR count). The lowest BCUT2D eigenvalue weighted by molar-refractivity contribution is 0.00578. The van der Waals surface area contributed by atoms with Crippen LogP contribution < -0.4 is 5.19 Å². The van der Waals surface area contributed by atoms with Gasteiger partial charge in [0.1, 0.15) is 8.07 Å². The maximum Gasteiger partial charge on any atom is 0.486 e. The summed E-state index contributed by atoms with van der Waals surface area (Å²) in [7, 11) is -3.44. The normalized spacial score (nSPS) is 22.3. The van der Waals surface area contributed by atoms with Gasteiger partial charge in [-0.15, -0.1) is 0 Å². The van der Waals surface area contributed by atoms with E-state index < -0.39 is 44.7 Å². The quantitative estimate of drug-likeness (QED) is 0.493. The summed E-state index contributed by atoms with van der Waals surface area (Å²) in [4.78, 5) is 0. The second kappa shape index (κ2) is 8.74. The molecule has 2 saturated heterocycles. The predicted octanol–water partition coefficient (Wildman–Crippen LogP) is 5.86. The lowest BCUT2D eigenvalue weighted by Crippen LogP contribution is -2.47. The van der Waals surface area contributed by atoms with Crippen molar-refractivity contribution in [2.24, 2.45) is 0 Å². The molecule has 2 heterocycles. The third-order valence-corrected chi connectivity index (χ3v) is 12.1. The molecule has 0 unspecified atom stereocenters. The lowest BCUT2D eigenvalue weighted by atomic mass is 9.56. The fourth-order valence-corrected chi connectivity index (χ4v) is 7.94. The van der Waals surface area contributed by atoms with E-state index in [2.05, 4.69) is 129 Å². The Morgan fingerprint density at radius 2 is 0.914 bits per heavy atom. The molecule has 2 aliphatic rings. The van der Waals surface area contributed by atoms with Crippen molar-refractivity contribution in [3.05, 3.63) is 71.6 Å². The Hall–Kier alpha value is -1.63. The molecule has 7 heteroatoms. The van der Waals surface area contributed by atoms with Crippen molar-refractivity contribution in [3.63, 3.8) is 0 Å². The molecule has 186 valence electrons. The standard InChI is InChI=1S/C28H40B2O4Si/c1-25(2)26(3,4)32-29(31-25)24(30-33-27(5,6)28(7,8)34-30)23(21-17-13-11-14-18-21)35(9,10)22-19-15-12-16-20-22/h11-20H,1-10H3. The van der Waals surface area contributed by atoms with Crippen molar-refractivity contribution >= 4 is 32.7 Å². The minimum absolute atomic E-state index is 0.479. The van der Waals surface area contributed by atoms with E-state index in [9.17, 15) is 0 Å². The van der Waals surface area contributed by atoms with Crippen LogP contribution in [0, 0.1) is 0 Å². The van der Waals surface area contributed by atoms with Gasteiger partial charge in [-0.1, -0.05) is 84.1 Å². The first-order valence-electron chi connectivity index (χ1n) is 12.7. The van der Waals surface area contributed by atoms with Crippen LogP contribution in [0.15, 0.2) is 66.0 Å². The van der Waals surface area contributed by atoms with E-state index in [1.807, 2.05) is 0 Å². The summed E-state index contributed by atoms with van der Waals surface area (Å²) in [6.45, 7) is 21.5. The maximum atomic E-state index is 6.69. The molecule has 0 radical (unpaired) electrons. The van der Waals surface area contributed by atoms with Crippen molar-refractivity contribution < 1.29 is 18.6 Å². The smallest absolute Gasteiger partial charge is 0.400 e. The van der Waals surface area contributed by atoms with Crippen LogP contribution in [0.2, 0.25) is 13.1 Å². The lowest BCUT2D eigenvalue weighted by Gasteiger charge is -2.32. The van der Waals surface area contributed by atoms with Crippen molar-refractivity contribution in [1.82, 2.24) is 0 Å². The Bertz CT molecular complexity index is 1020. The number of hydrogen-bond acceptors (Lipinski definition) is 4. The van der Waals surface area contributed by atoms with Gasteiger partial charge in [0.2, 0.25) is 0 Å². The van der Waals surface area contributed by atoms with Crippen LogP contribution in [0.1, 0.15) is 61.0 Å². The zero-order valence-electron chi connectivity index (χ0n) is 23.1. The average Bonchev–Trinajstić information content (AvgIpc) is 3.11. The average molecular weight is 490 g/mol. The molecule has 0 atom stereocenters. The minimum atomic E-state index is -2.27. The highest BCUT2D eigenvalue weighted by atomic mass is 28.3. The van der Waals surface area contributed by atoms with E-state index in [4.69, 9.17) is 18.6 Å². The van der Waals surface area contributed by atoms with E-state index in [1.165, 1.54) is 10.4 Å². The van der Waals surface area contributed by atoms with Gasteiger partial charge in [0.15, 0.2) is 0 Å². The SMILES string of the molecule is CC1(C)OB(C(B2OC(C)(C)C(C)(C)O2)=C(c2ccccc2)[Si](C)(C)c2ccccc2)OC1(C)C. The zero-order valence-corrected chi connectivity index (χ0v) is 24.1. The van der Waals surface area contributed by atoms with Crippen LogP contribution in [-0.4, -0.2) is 44.7 Å². The first-order chi connectivity index (χ1) is 16.1. The van der Waals surface area contributed by atoms with Crippen molar-refractivity contribution in [2.75, 3.05) is 0 Å². The van der Waals surface area contributed by atoms with Crippen molar-refractivity contribution in [3.8, 4) is 0 Å². The van der Waals surface area contributed by atoms with Gasteiger partial charge in [0.05, 0.1) is 22.4 Å². The summed E-state index contributed by atoms with van der Waals surface area (Å²) in [6, 6.07) is 21.4. The number of hydrogen-bond donors (Lipinski definition) is 0. The summed E-state index contributed by atoms with van der Waals surface area (Å²) < 4.78 is 26.8. The van der Waals surface area contributed by atoms with Crippen LogP contribution in [0.4, 0.5) is 0 Å².